The second-order valence-electron chi connectivity index (χ2n) is 6.29. The Morgan fingerprint density at radius 3 is 2.54 bits per heavy atom. The second kappa shape index (κ2) is 8.72. The molecular weight excluding hydrogens is 328 g/mol. The van der Waals surface area contributed by atoms with E-state index >= 15 is 0 Å². The average molecular weight is 354 g/mol. The molecule has 0 bridgehead atoms. The molecule has 3 rings (SSSR count). The van der Waals surface area contributed by atoms with Crippen molar-refractivity contribution in [3.8, 4) is 11.5 Å². The van der Waals surface area contributed by atoms with Gasteiger partial charge in [-0.2, -0.15) is 0 Å². The predicted octanol–water partition coefficient (Wildman–Crippen LogP) is 4.35. The summed E-state index contributed by atoms with van der Waals surface area (Å²) in [5.41, 5.74) is 1.98. The standard InChI is InChI=1S/C21H26N2O3/c1-3-7-20(24)21-22-18-8-4-5-9-19(18)23(21)14-6-15-26-17-12-10-16(25-2)11-13-17/h4-5,8-13,20,24H,3,6-7,14-15H2,1-2H3/t20-/m1/s1. The summed E-state index contributed by atoms with van der Waals surface area (Å²) in [5, 5.41) is 10.5. The van der Waals surface area contributed by atoms with Crippen molar-refractivity contribution in [2.24, 2.45) is 0 Å². The van der Waals surface area contributed by atoms with Crippen LogP contribution in [0, 0.1) is 0 Å². The van der Waals surface area contributed by atoms with Crippen molar-refractivity contribution in [1.82, 2.24) is 9.55 Å². The Hall–Kier alpha value is -2.53. The molecule has 5 heteroatoms. The summed E-state index contributed by atoms with van der Waals surface area (Å²) in [4.78, 5) is 4.65. The van der Waals surface area contributed by atoms with Crippen LogP contribution >= 0.6 is 0 Å². The number of aliphatic hydroxyl groups is 1. The number of fused-ring (bicyclic) bond motifs is 1. The van der Waals surface area contributed by atoms with Crippen LogP contribution in [0.3, 0.4) is 0 Å². The Bertz CT molecular complexity index is 827. The summed E-state index contributed by atoms with van der Waals surface area (Å²) >= 11 is 0. The summed E-state index contributed by atoms with van der Waals surface area (Å²) < 4.78 is 13.1. The molecule has 2 aromatic carbocycles. The van der Waals surface area contributed by atoms with E-state index in [0.717, 1.165) is 47.7 Å². The number of nitrogens with zero attached hydrogens (tertiary/aromatic N) is 2. The second-order valence-corrected chi connectivity index (χ2v) is 6.29. The van der Waals surface area contributed by atoms with Crippen molar-refractivity contribution >= 4 is 11.0 Å². The molecule has 0 fully saturated rings. The number of hydrogen-bond acceptors (Lipinski definition) is 4. The molecule has 0 aliphatic rings. The van der Waals surface area contributed by atoms with Crippen molar-refractivity contribution in [3.63, 3.8) is 0 Å². The van der Waals surface area contributed by atoms with Gasteiger partial charge in [-0.3, -0.25) is 0 Å². The number of rotatable bonds is 9. The maximum absolute atomic E-state index is 10.5. The molecule has 138 valence electrons. The molecule has 0 aliphatic carbocycles. The molecule has 26 heavy (non-hydrogen) atoms. The van der Waals surface area contributed by atoms with E-state index < -0.39 is 6.10 Å². The number of para-hydroxylation sites is 2. The highest BCUT2D eigenvalue weighted by Crippen LogP contribution is 2.24. The van der Waals surface area contributed by atoms with E-state index in [2.05, 4.69) is 22.5 Å². The predicted molar refractivity (Wildman–Crippen MR) is 103 cm³/mol. The zero-order chi connectivity index (χ0) is 18.4. The van der Waals surface area contributed by atoms with E-state index in [-0.39, 0.29) is 0 Å². The van der Waals surface area contributed by atoms with Gasteiger partial charge in [0.1, 0.15) is 23.4 Å². The summed E-state index contributed by atoms with van der Waals surface area (Å²) in [5.74, 6) is 2.39. The first-order valence-corrected chi connectivity index (χ1v) is 9.13. The van der Waals surface area contributed by atoms with Crippen LogP contribution in [0.25, 0.3) is 11.0 Å². The summed E-state index contributed by atoms with van der Waals surface area (Å²) in [6, 6.07) is 15.6. The van der Waals surface area contributed by atoms with E-state index in [4.69, 9.17) is 9.47 Å². The minimum absolute atomic E-state index is 0.532. The largest absolute Gasteiger partial charge is 0.497 e. The van der Waals surface area contributed by atoms with Gasteiger partial charge in [-0.15, -0.1) is 0 Å². The molecule has 0 amide bonds. The van der Waals surface area contributed by atoms with Crippen LogP contribution in [0.5, 0.6) is 11.5 Å². The van der Waals surface area contributed by atoms with Crippen LogP contribution in [0.15, 0.2) is 48.5 Å². The molecule has 5 nitrogen and oxygen atoms in total. The zero-order valence-corrected chi connectivity index (χ0v) is 15.4. The summed E-state index contributed by atoms with van der Waals surface area (Å²) in [6.07, 6.45) is 1.93. The first kappa shape index (κ1) is 18.3. The van der Waals surface area contributed by atoms with E-state index in [0.29, 0.717) is 13.0 Å². The topological polar surface area (TPSA) is 56.5 Å². The Kier molecular flexibility index (Phi) is 6.12. The van der Waals surface area contributed by atoms with Crippen molar-refractivity contribution in [1.29, 1.82) is 0 Å². The number of hydrogen-bond donors (Lipinski definition) is 1. The van der Waals surface area contributed by atoms with Crippen LogP contribution in [-0.4, -0.2) is 28.4 Å². The molecule has 0 spiro atoms. The molecule has 0 aliphatic heterocycles. The van der Waals surface area contributed by atoms with Crippen LogP contribution in [0.1, 0.15) is 38.1 Å². The van der Waals surface area contributed by atoms with Gasteiger partial charge in [0.2, 0.25) is 0 Å². The van der Waals surface area contributed by atoms with Gasteiger partial charge in [-0.25, -0.2) is 4.98 Å². The fraction of sp³-hybridized carbons (Fsp3) is 0.381. The highest BCUT2D eigenvalue weighted by atomic mass is 16.5. The van der Waals surface area contributed by atoms with Gasteiger partial charge < -0.3 is 19.1 Å². The quantitative estimate of drug-likeness (QED) is 0.581. The highest BCUT2D eigenvalue weighted by molar-refractivity contribution is 5.76. The van der Waals surface area contributed by atoms with Crippen LogP contribution < -0.4 is 9.47 Å². The first-order chi connectivity index (χ1) is 12.7. The highest BCUT2D eigenvalue weighted by Gasteiger charge is 2.17. The van der Waals surface area contributed by atoms with Crippen molar-refractivity contribution in [2.75, 3.05) is 13.7 Å². The average Bonchev–Trinajstić information content (AvgIpc) is 3.05. The third kappa shape index (κ3) is 4.17. The van der Waals surface area contributed by atoms with Crippen molar-refractivity contribution < 1.29 is 14.6 Å². The maximum atomic E-state index is 10.5. The number of benzene rings is 2. The molecular formula is C21H26N2O3. The summed E-state index contributed by atoms with van der Waals surface area (Å²) in [6.45, 7) is 3.42. The maximum Gasteiger partial charge on any atom is 0.138 e. The number of methoxy groups -OCH3 is 1. The van der Waals surface area contributed by atoms with Crippen molar-refractivity contribution in [2.45, 2.75) is 38.8 Å². The van der Waals surface area contributed by atoms with Crippen LogP contribution in [0.2, 0.25) is 0 Å². The number of aromatic nitrogens is 2. The van der Waals surface area contributed by atoms with E-state index in [9.17, 15) is 5.11 Å². The molecule has 1 N–H and O–H groups in total. The Morgan fingerprint density at radius 1 is 1.08 bits per heavy atom. The van der Waals surface area contributed by atoms with Gasteiger partial charge in [-0.05, 0) is 49.2 Å². The van der Waals surface area contributed by atoms with Gasteiger partial charge in [-0.1, -0.05) is 25.5 Å². The smallest absolute Gasteiger partial charge is 0.138 e. The van der Waals surface area contributed by atoms with Crippen LogP contribution in [0.4, 0.5) is 0 Å². The minimum Gasteiger partial charge on any atom is -0.497 e. The summed E-state index contributed by atoms with van der Waals surface area (Å²) in [7, 11) is 1.65. The first-order valence-electron chi connectivity index (χ1n) is 9.13. The minimum atomic E-state index is -0.532. The number of aryl methyl sites for hydroxylation is 1. The van der Waals surface area contributed by atoms with Gasteiger partial charge in [0.25, 0.3) is 0 Å². The molecule has 0 unspecified atom stereocenters. The van der Waals surface area contributed by atoms with Gasteiger partial charge in [0.15, 0.2) is 0 Å². The lowest BCUT2D eigenvalue weighted by atomic mass is 10.2. The van der Waals surface area contributed by atoms with Gasteiger partial charge in [0.05, 0.1) is 24.8 Å². The third-order valence-electron chi connectivity index (χ3n) is 4.40. The van der Waals surface area contributed by atoms with Gasteiger partial charge in [0, 0.05) is 6.54 Å². The molecule has 0 saturated heterocycles. The lowest BCUT2D eigenvalue weighted by molar-refractivity contribution is 0.152. The fourth-order valence-electron chi connectivity index (χ4n) is 3.07. The Labute approximate surface area is 154 Å². The normalized spacial score (nSPS) is 12.3. The molecule has 1 atom stereocenters. The molecule has 3 aromatic rings. The van der Waals surface area contributed by atoms with Crippen molar-refractivity contribution in [3.05, 3.63) is 54.4 Å². The molecule has 0 saturated carbocycles. The Balaban J connectivity index is 1.66. The molecule has 0 radical (unpaired) electrons. The fourth-order valence-corrected chi connectivity index (χ4v) is 3.07. The number of ether oxygens (including phenoxy) is 2. The SMILES string of the molecule is CCC[C@@H](O)c1nc2ccccc2n1CCCOc1ccc(OC)cc1. The Morgan fingerprint density at radius 2 is 1.81 bits per heavy atom. The number of aliphatic hydroxyl groups excluding tert-OH is 1. The van der Waals surface area contributed by atoms with E-state index in [1.165, 1.54) is 0 Å². The lowest BCUT2D eigenvalue weighted by Crippen LogP contribution is -2.11. The van der Waals surface area contributed by atoms with E-state index in [1.54, 1.807) is 7.11 Å². The van der Waals surface area contributed by atoms with Gasteiger partial charge >= 0.3 is 0 Å². The third-order valence-corrected chi connectivity index (χ3v) is 4.40. The number of imidazole rings is 1. The monoisotopic (exact) mass is 354 g/mol. The zero-order valence-electron chi connectivity index (χ0n) is 15.4. The van der Waals surface area contributed by atoms with E-state index in [1.807, 2.05) is 42.5 Å². The lowest BCUT2D eigenvalue weighted by Gasteiger charge is -2.14. The molecule has 1 heterocycles. The van der Waals surface area contributed by atoms with Crippen LogP contribution in [-0.2, 0) is 6.54 Å². The molecule has 1 aromatic heterocycles.